The van der Waals surface area contributed by atoms with E-state index in [1.54, 1.807) is 37.5 Å². The second-order valence-corrected chi connectivity index (χ2v) is 8.68. The lowest BCUT2D eigenvalue weighted by Crippen LogP contribution is -2.31. The number of hydrogen-bond acceptors (Lipinski definition) is 6. The Hall–Kier alpha value is -3.75. The van der Waals surface area contributed by atoms with Crippen molar-refractivity contribution in [1.29, 1.82) is 0 Å². The first kappa shape index (κ1) is 28.5. The average Bonchev–Trinajstić information content (AvgIpc) is 2.84. The molecular weight excluding hydrogens is 459 g/mol. The van der Waals surface area contributed by atoms with Crippen molar-refractivity contribution >= 4 is 34.4 Å². The van der Waals surface area contributed by atoms with E-state index in [4.69, 9.17) is 5.73 Å². The van der Waals surface area contributed by atoms with Crippen LogP contribution in [0.25, 0.3) is 5.57 Å². The number of alkyl halides is 1. The number of halogens is 1. The summed E-state index contributed by atoms with van der Waals surface area (Å²) in [5.74, 6) is -0.858. The number of amides is 2. The van der Waals surface area contributed by atoms with E-state index in [1.807, 2.05) is 19.9 Å². The number of pyridine rings is 2. The van der Waals surface area contributed by atoms with Gasteiger partial charge in [-0.3, -0.25) is 14.6 Å². The predicted molar refractivity (Wildman–Crippen MR) is 145 cm³/mol. The summed E-state index contributed by atoms with van der Waals surface area (Å²) in [5.41, 5.74) is 9.01. The third kappa shape index (κ3) is 7.90. The summed E-state index contributed by atoms with van der Waals surface area (Å²) in [6.45, 7) is 10.4. The van der Waals surface area contributed by atoms with Crippen molar-refractivity contribution in [1.82, 2.24) is 15.3 Å². The minimum atomic E-state index is -0.784. The van der Waals surface area contributed by atoms with Crippen LogP contribution < -0.4 is 21.3 Å². The van der Waals surface area contributed by atoms with E-state index in [2.05, 4.69) is 39.3 Å². The second-order valence-electron chi connectivity index (χ2n) is 8.68. The monoisotopic (exact) mass is 496 g/mol. The Kier molecular flexibility index (Phi) is 11.1. The molecule has 194 valence electrons. The summed E-state index contributed by atoms with van der Waals surface area (Å²) >= 11 is 0. The van der Waals surface area contributed by atoms with Crippen molar-refractivity contribution in [3.8, 4) is 0 Å². The topological polar surface area (TPSA) is 113 Å². The largest absolute Gasteiger partial charge is 0.397 e. The Labute approximate surface area is 212 Å². The van der Waals surface area contributed by atoms with Crippen molar-refractivity contribution in [3.05, 3.63) is 59.7 Å². The summed E-state index contributed by atoms with van der Waals surface area (Å²) < 4.78 is 13.0. The third-order valence-electron chi connectivity index (χ3n) is 5.45. The van der Waals surface area contributed by atoms with E-state index in [-0.39, 0.29) is 28.9 Å². The zero-order valence-electron chi connectivity index (χ0n) is 21.8. The molecular formula is C27H37FN6O2. The van der Waals surface area contributed by atoms with Gasteiger partial charge in [0, 0.05) is 30.9 Å². The number of nitrogens with two attached hydrogens (primary N) is 1. The van der Waals surface area contributed by atoms with Crippen LogP contribution in [-0.4, -0.2) is 47.6 Å². The quantitative estimate of drug-likeness (QED) is 0.288. The van der Waals surface area contributed by atoms with E-state index in [0.717, 1.165) is 31.6 Å². The summed E-state index contributed by atoms with van der Waals surface area (Å²) in [6.07, 6.45) is 8.13. The van der Waals surface area contributed by atoms with Gasteiger partial charge in [0.1, 0.15) is 6.67 Å². The van der Waals surface area contributed by atoms with Gasteiger partial charge in [-0.1, -0.05) is 13.3 Å². The van der Waals surface area contributed by atoms with Gasteiger partial charge < -0.3 is 21.3 Å². The maximum Gasteiger partial charge on any atom is 0.276 e. The number of aromatic nitrogens is 2. The SMILES string of the molecule is CCCCN(CC)c1ccncc1NC(=O)c1nc(/C(C)=C/C(=C\CF)C(=O)NC(C)C)ccc1N. The summed E-state index contributed by atoms with van der Waals surface area (Å²) in [5, 5.41) is 5.65. The van der Waals surface area contributed by atoms with E-state index < -0.39 is 12.6 Å². The van der Waals surface area contributed by atoms with Crippen molar-refractivity contribution in [2.75, 3.05) is 35.7 Å². The maximum atomic E-state index is 13.2. The third-order valence-corrected chi connectivity index (χ3v) is 5.45. The minimum Gasteiger partial charge on any atom is -0.397 e. The number of anilines is 3. The first-order chi connectivity index (χ1) is 17.2. The zero-order valence-corrected chi connectivity index (χ0v) is 21.8. The minimum absolute atomic E-state index is 0.0503. The van der Waals surface area contributed by atoms with Gasteiger partial charge >= 0.3 is 0 Å². The molecule has 2 aromatic heterocycles. The van der Waals surface area contributed by atoms with Crippen LogP contribution in [0.2, 0.25) is 0 Å². The lowest BCUT2D eigenvalue weighted by molar-refractivity contribution is -0.117. The molecule has 8 nitrogen and oxygen atoms in total. The van der Waals surface area contributed by atoms with Gasteiger partial charge in [-0.2, -0.15) is 0 Å². The molecule has 2 rings (SSSR count). The fraction of sp³-hybridized carbons (Fsp3) is 0.407. The summed E-state index contributed by atoms with van der Waals surface area (Å²) in [4.78, 5) is 36.4. The molecule has 0 saturated heterocycles. The van der Waals surface area contributed by atoms with Crippen LogP contribution in [-0.2, 0) is 4.79 Å². The van der Waals surface area contributed by atoms with Crippen LogP contribution >= 0.6 is 0 Å². The Morgan fingerprint density at radius 2 is 1.97 bits per heavy atom. The lowest BCUT2D eigenvalue weighted by Gasteiger charge is -2.25. The highest BCUT2D eigenvalue weighted by molar-refractivity contribution is 6.08. The van der Waals surface area contributed by atoms with Crippen LogP contribution in [0, 0.1) is 0 Å². The number of unbranched alkanes of at least 4 members (excludes halogenated alkanes) is 1. The van der Waals surface area contributed by atoms with Crippen molar-refractivity contribution in [3.63, 3.8) is 0 Å². The molecule has 36 heavy (non-hydrogen) atoms. The normalized spacial score (nSPS) is 12.0. The molecule has 0 radical (unpaired) electrons. The maximum absolute atomic E-state index is 13.2. The molecule has 0 bridgehead atoms. The molecule has 9 heteroatoms. The molecule has 4 N–H and O–H groups in total. The van der Waals surface area contributed by atoms with Crippen molar-refractivity contribution in [2.45, 2.75) is 53.5 Å². The summed E-state index contributed by atoms with van der Waals surface area (Å²) in [7, 11) is 0. The van der Waals surface area contributed by atoms with Gasteiger partial charge in [0.25, 0.3) is 11.8 Å². The van der Waals surface area contributed by atoms with Crippen LogP contribution in [0.1, 0.15) is 63.6 Å². The molecule has 0 saturated carbocycles. The number of nitrogens with zero attached hydrogens (tertiary/aromatic N) is 3. The van der Waals surface area contributed by atoms with Gasteiger partial charge in [-0.15, -0.1) is 0 Å². The van der Waals surface area contributed by atoms with Gasteiger partial charge in [0.05, 0.1) is 29.0 Å². The van der Waals surface area contributed by atoms with Gasteiger partial charge in [-0.05, 0) is 70.0 Å². The number of nitrogens with one attached hydrogen (secondary N) is 2. The molecule has 0 atom stereocenters. The van der Waals surface area contributed by atoms with Gasteiger partial charge in [-0.25, -0.2) is 9.37 Å². The molecule has 0 aliphatic rings. The molecule has 0 spiro atoms. The Morgan fingerprint density at radius 3 is 2.61 bits per heavy atom. The fourth-order valence-electron chi connectivity index (χ4n) is 3.56. The van der Waals surface area contributed by atoms with Crippen LogP contribution in [0.3, 0.4) is 0 Å². The Balaban J connectivity index is 2.35. The Bertz CT molecular complexity index is 1110. The smallest absolute Gasteiger partial charge is 0.276 e. The first-order valence-electron chi connectivity index (χ1n) is 12.2. The number of carbonyl (C=O) groups excluding carboxylic acids is 2. The molecule has 0 fully saturated rings. The molecule has 2 aromatic rings. The number of allylic oxidation sites excluding steroid dienone is 2. The Morgan fingerprint density at radius 1 is 1.22 bits per heavy atom. The summed E-state index contributed by atoms with van der Waals surface area (Å²) in [6, 6.07) is 5.02. The molecule has 0 unspecified atom stereocenters. The van der Waals surface area contributed by atoms with Gasteiger partial charge in [0.2, 0.25) is 0 Å². The molecule has 2 amide bonds. The second kappa shape index (κ2) is 14.0. The standard InChI is InChI=1S/C27H37FN6O2/c1-6-8-15-34(7-2)24-12-14-30-17-23(24)33-27(36)25-21(29)9-10-22(32-25)19(5)16-20(11-13-28)26(35)31-18(3)4/h9-12,14,16-18H,6-8,13,15,29H2,1-5H3,(H,31,35)(H,33,36)/b19-16+,20-11+. The highest BCUT2D eigenvalue weighted by Crippen LogP contribution is 2.26. The molecule has 0 aliphatic heterocycles. The number of nitrogen functional groups attached to an aromatic ring is 1. The number of rotatable bonds is 12. The van der Waals surface area contributed by atoms with E-state index in [9.17, 15) is 14.0 Å². The molecule has 0 aromatic carbocycles. The predicted octanol–water partition coefficient (Wildman–Crippen LogP) is 4.76. The van der Waals surface area contributed by atoms with E-state index in [1.165, 1.54) is 6.08 Å². The average molecular weight is 497 g/mol. The van der Waals surface area contributed by atoms with Crippen molar-refractivity contribution in [2.24, 2.45) is 0 Å². The van der Waals surface area contributed by atoms with E-state index >= 15 is 0 Å². The van der Waals surface area contributed by atoms with Crippen LogP contribution in [0.4, 0.5) is 21.5 Å². The van der Waals surface area contributed by atoms with Crippen LogP contribution in [0.5, 0.6) is 0 Å². The van der Waals surface area contributed by atoms with E-state index in [0.29, 0.717) is 17.0 Å². The van der Waals surface area contributed by atoms with Crippen LogP contribution in [0.15, 0.2) is 48.3 Å². The lowest BCUT2D eigenvalue weighted by atomic mass is 10.1. The zero-order chi connectivity index (χ0) is 26.7. The highest BCUT2D eigenvalue weighted by atomic mass is 19.1. The number of carbonyl (C=O) groups is 2. The molecule has 0 aliphatic carbocycles. The van der Waals surface area contributed by atoms with Crippen molar-refractivity contribution < 1.29 is 14.0 Å². The first-order valence-corrected chi connectivity index (χ1v) is 12.2. The number of hydrogen-bond donors (Lipinski definition) is 3. The molecule has 2 heterocycles. The fourth-order valence-corrected chi connectivity index (χ4v) is 3.56. The highest BCUT2D eigenvalue weighted by Gasteiger charge is 2.18. The van der Waals surface area contributed by atoms with Gasteiger partial charge in [0.15, 0.2) is 5.69 Å².